The molecule has 1 aromatic rings. The number of morpholine rings is 1. The minimum Gasteiger partial charge on any atom is -0.462 e. The van der Waals surface area contributed by atoms with E-state index in [1.54, 1.807) is 18.3 Å². The number of rotatable bonds is 6. The Morgan fingerprint density at radius 1 is 1.24 bits per heavy atom. The van der Waals surface area contributed by atoms with E-state index in [9.17, 15) is 9.59 Å². The van der Waals surface area contributed by atoms with Gasteiger partial charge in [-0.3, -0.25) is 4.79 Å². The number of hydrogen-bond donors (Lipinski definition) is 2. The molecule has 0 unspecified atom stereocenters. The monoisotopic (exact) mass is 367 g/mol. The van der Waals surface area contributed by atoms with Gasteiger partial charge in [-0.25, -0.2) is 4.79 Å². The number of ether oxygens (including phenoxy) is 2. The van der Waals surface area contributed by atoms with Crippen molar-refractivity contribution in [2.24, 2.45) is 0 Å². The third kappa shape index (κ3) is 4.59. The van der Waals surface area contributed by atoms with Crippen molar-refractivity contribution in [1.82, 2.24) is 0 Å². The molecule has 3 rings (SSSR count). The summed E-state index contributed by atoms with van der Waals surface area (Å²) in [6.07, 6.45) is 4.57. The molecule has 7 heteroatoms. The first-order valence-electron chi connectivity index (χ1n) is 9.22. The Kier molecular flexibility index (Phi) is 6.45. The van der Waals surface area contributed by atoms with Crippen LogP contribution in [-0.4, -0.2) is 51.3 Å². The maximum absolute atomic E-state index is 12.4. The van der Waals surface area contributed by atoms with Crippen molar-refractivity contribution < 1.29 is 24.0 Å². The first-order valence-corrected chi connectivity index (χ1v) is 10.0. The molecule has 1 saturated heterocycles. The molecule has 1 fully saturated rings. The van der Waals surface area contributed by atoms with Crippen LogP contribution in [0.3, 0.4) is 0 Å². The van der Waals surface area contributed by atoms with Crippen LogP contribution < -0.4 is 10.2 Å². The second kappa shape index (κ2) is 8.78. The topological polar surface area (TPSA) is 69.1 Å². The first-order chi connectivity index (χ1) is 12.2. The van der Waals surface area contributed by atoms with Crippen LogP contribution in [0.2, 0.25) is 0 Å². The number of quaternary nitrogens is 1. The van der Waals surface area contributed by atoms with Crippen LogP contribution in [-0.2, 0) is 27.1 Å². The zero-order valence-corrected chi connectivity index (χ0v) is 15.6. The summed E-state index contributed by atoms with van der Waals surface area (Å²) < 4.78 is 10.6. The number of aryl methyl sites for hydroxylation is 1. The molecule has 25 heavy (non-hydrogen) atoms. The van der Waals surface area contributed by atoms with Gasteiger partial charge in [0, 0.05) is 4.88 Å². The summed E-state index contributed by atoms with van der Waals surface area (Å²) in [6, 6.07) is 0. The molecule has 2 N–H and O–H groups in total. The zero-order chi connectivity index (χ0) is 17.6. The molecule has 1 aliphatic heterocycles. The predicted octanol–water partition coefficient (Wildman–Crippen LogP) is 1.05. The van der Waals surface area contributed by atoms with E-state index >= 15 is 0 Å². The molecule has 6 nitrogen and oxygen atoms in total. The van der Waals surface area contributed by atoms with Crippen LogP contribution in [0.4, 0.5) is 5.00 Å². The van der Waals surface area contributed by atoms with Gasteiger partial charge in [0.1, 0.15) is 18.1 Å². The van der Waals surface area contributed by atoms with Gasteiger partial charge in [-0.05, 0) is 38.2 Å². The number of hydrogen-bond acceptors (Lipinski definition) is 5. The second-order valence-electron chi connectivity index (χ2n) is 6.55. The summed E-state index contributed by atoms with van der Waals surface area (Å²) in [6.45, 7) is 6.39. The highest BCUT2D eigenvalue weighted by atomic mass is 32.1. The summed E-state index contributed by atoms with van der Waals surface area (Å²) in [4.78, 5) is 27.4. The second-order valence-corrected chi connectivity index (χ2v) is 7.65. The minimum absolute atomic E-state index is 0.0249. The normalized spacial score (nSPS) is 17.8. The van der Waals surface area contributed by atoms with E-state index in [-0.39, 0.29) is 11.9 Å². The van der Waals surface area contributed by atoms with Crippen molar-refractivity contribution in [3.8, 4) is 0 Å². The lowest BCUT2D eigenvalue weighted by Crippen LogP contribution is -3.14. The molecule has 0 radical (unpaired) electrons. The number of anilines is 1. The molecule has 0 saturated carbocycles. The fraction of sp³-hybridized carbons (Fsp3) is 0.667. The zero-order valence-electron chi connectivity index (χ0n) is 14.8. The minimum atomic E-state index is -0.309. The van der Waals surface area contributed by atoms with Crippen molar-refractivity contribution in [1.29, 1.82) is 0 Å². The van der Waals surface area contributed by atoms with Gasteiger partial charge in [0.05, 0.1) is 38.3 Å². The van der Waals surface area contributed by atoms with Gasteiger partial charge in [0.15, 0.2) is 0 Å². The standard InChI is InChI=1S/C18H26N2O4S/c1-2-24-18(22)16-13-5-3-4-6-14(13)25-17(16)19-15(21)7-8-20-9-11-23-12-10-20/h2-12H2,1H3,(H,19,21)/p+1. The van der Waals surface area contributed by atoms with Gasteiger partial charge >= 0.3 is 5.97 Å². The number of carbonyl (C=O) groups is 2. The maximum atomic E-state index is 12.4. The van der Waals surface area contributed by atoms with Crippen LogP contribution in [0.25, 0.3) is 0 Å². The lowest BCUT2D eigenvalue weighted by atomic mass is 9.95. The SMILES string of the molecule is CCOC(=O)c1c(NC(=O)CC[NH+]2CCOCC2)sc2c1CCCC2. The Labute approximate surface area is 152 Å². The summed E-state index contributed by atoms with van der Waals surface area (Å²) in [7, 11) is 0. The van der Waals surface area contributed by atoms with Crippen molar-refractivity contribution >= 4 is 28.2 Å². The average molecular weight is 367 g/mol. The van der Waals surface area contributed by atoms with Crippen molar-refractivity contribution in [3.63, 3.8) is 0 Å². The van der Waals surface area contributed by atoms with Crippen LogP contribution in [0.5, 0.6) is 0 Å². The van der Waals surface area contributed by atoms with Gasteiger partial charge in [0.2, 0.25) is 5.91 Å². The third-order valence-electron chi connectivity index (χ3n) is 4.81. The maximum Gasteiger partial charge on any atom is 0.341 e. The quantitative estimate of drug-likeness (QED) is 0.738. The summed E-state index contributed by atoms with van der Waals surface area (Å²) >= 11 is 1.55. The molecule has 1 amide bonds. The number of fused-ring (bicyclic) bond motifs is 1. The Hall–Kier alpha value is -1.44. The summed E-state index contributed by atoms with van der Waals surface area (Å²) in [5.74, 6) is -0.334. The smallest absolute Gasteiger partial charge is 0.341 e. The Morgan fingerprint density at radius 3 is 2.76 bits per heavy atom. The molecular formula is C18H27N2O4S+. The number of thiophene rings is 1. The molecule has 1 aliphatic carbocycles. The number of amides is 1. The molecule has 1 aromatic heterocycles. The van der Waals surface area contributed by atoms with Crippen molar-refractivity contribution in [3.05, 3.63) is 16.0 Å². The van der Waals surface area contributed by atoms with E-state index in [0.29, 0.717) is 23.6 Å². The van der Waals surface area contributed by atoms with E-state index in [4.69, 9.17) is 9.47 Å². The van der Waals surface area contributed by atoms with E-state index in [0.717, 1.165) is 64.1 Å². The lowest BCUT2D eigenvalue weighted by Gasteiger charge is -2.23. The summed E-state index contributed by atoms with van der Waals surface area (Å²) in [5.41, 5.74) is 1.68. The fourth-order valence-electron chi connectivity index (χ4n) is 3.46. The first kappa shape index (κ1) is 18.4. The van der Waals surface area contributed by atoms with Gasteiger partial charge in [0.25, 0.3) is 0 Å². The average Bonchev–Trinajstić information content (AvgIpc) is 2.99. The molecule has 2 aliphatic rings. The van der Waals surface area contributed by atoms with E-state index < -0.39 is 0 Å². The van der Waals surface area contributed by atoms with Crippen LogP contribution in [0.1, 0.15) is 47.0 Å². The van der Waals surface area contributed by atoms with E-state index in [1.165, 1.54) is 9.78 Å². The Morgan fingerprint density at radius 2 is 2.00 bits per heavy atom. The van der Waals surface area contributed by atoms with Gasteiger partial charge in [-0.2, -0.15) is 0 Å². The molecule has 0 bridgehead atoms. The van der Waals surface area contributed by atoms with Crippen LogP contribution >= 0.6 is 11.3 Å². The van der Waals surface area contributed by atoms with E-state index in [2.05, 4.69) is 5.32 Å². The van der Waals surface area contributed by atoms with Gasteiger partial charge in [-0.15, -0.1) is 11.3 Å². The molecule has 2 heterocycles. The Balaban J connectivity index is 1.67. The highest BCUT2D eigenvalue weighted by molar-refractivity contribution is 7.17. The number of nitrogens with one attached hydrogen (secondary N) is 2. The number of carbonyl (C=O) groups excluding carboxylic acids is 2. The lowest BCUT2D eigenvalue weighted by molar-refractivity contribution is -0.907. The highest BCUT2D eigenvalue weighted by Gasteiger charge is 2.27. The molecule has 138 valence electrons. The van der Waals surface area contributed by atoms with Crippen LogP contribution in [0.15, 0.2) is 0 Å². The molecule has 0 atom stereocenters. The van der Waals surface area contributed by atoms with Gasteiger partial charge < -0.3 is 19.7 Å². The fourth-order valence-corrected chi connectivity index (χ4v) is 4.76. The predicted molar refractivity (Wildman–Crippen MR) is 96.5 cm³/mol. The Bertz CT molecular complexity index is 623. The van der Waals surface area contributed by atoms with Crippen molar-refractivity contribution in [2.45, 2.75) is 39.0 Å². The number of esters is 1. The van der Waals surface area contributed by atoms with E-state index in [1.807, 2.05) is 0 Å². The van der Waals surface area contributed by atoms with Crippen molar-refractivity contribution in [2.75, 3.05) is 44.8 Å². The summed E-state index contributed by atoms with van der Waals surface area (Å²) in [5, 5.41) is 3.65. The van der Waals surface area contributed by atoms with Gasteiger partial charge in [-0.1, -0.05) is 0 Å². The molecule has 0 spiro atoms. The molecule has 0 aromatic carbocycles. The van der Waals surface area contributed by atoms with Crippen LogP contribution in [0, 0.1) is 0 Å². The largest absolute Gasteiger partial charge is 0.462 e. The molecular weight excluding hydrogens is 340 g/mol. The highest BCUT2D eigenvalue weighted by Crippen LogP contribution is 2.38. The third-order valence-corrected chi connectivity index (χ3v) is 6.02.